The minimum absolute atomic E-state index is 0.110. The van der Waals surface area contributed by atoms with E-state index in [1.807, 2.05) is 86.6 Å². The minimum atomic E-state index is -0.110. The Morgan fingerprint density at radius 2 is 1.55 bits per heavy atom. The van der Waals surface area contributed by atoms with Gasteiger partial charge in [0, 0.05) is 5.69 Å². The first kappa shape index (κ1) is 20.3. The third-order valence-electron chi connectivity index (χ3n) is 4.35. The lowest BCUT2D eigenvalue weighted by Gasteiger charge is -2.14. The van der Waals surface area contributed by atoms with E-state index in [1.54, 1.807) is 0 Å². The van der Waals surface area contributed by atoms with Gasteiger partial charge in [0.25, 0.3) is 0 Å². The van der Waals surface area contributed by atoms with Gasteiger partial charge in [-0.3, -0.25) is 4.79 Å². The summed E-state index contributed by atoms with van der Waals surface area (Å²) >= 11 is 0. The lowest BCUT2D eigenvalue weighted by atomic mass is 10.1. The SMILES string of the molecule is Cc1ccc(C)c(NC(=O)CNc2ccccc2OCCOc2ccccc2)c1. The van der Waals surface area contributed by atoms with Gasteiger partial charge in [-0.05, 0) is 55.3 Å². The zero-order valence-corrected chi connectivity index (χ0v) is 16.8. The molecular weight excluding hydrogens is 364 g/mol. The topological polar surface area (TPSA) is 59.6 Å². The van der Waals surface area contributed by atoms with Gasteiger partial charge >= 0.3 is 0 Å². The van der Waals surface area contributed by atoms with Crippen molar-refractivity contribution in [2.45, 2.75) is 13.8 Å². The quantitative estimate of drug-likeness (QED) is 0.515. The monoisotopic (exact) mass is 390 g/mol. The van der Waals surface area contributed by atoms with Crippen molar-refractivity contribution >= 4 is 17.3 Å². The molecule has 150 valence electrons. The standard InChI is InChI=1S/C24H26N2O3/c1-18-12-13-19(2)22(16-18)26-24(27)17-25-21-10-6-7-11-23(21)29-15-14-28-20-8-4-3-5-9-20/h3-13,16,25H,14-15,17H2,1-2H3,(H,26,27). The predicted molar refractivity (Wildman–Crippen MR) is 117 cm³/mol. The molecule has 0 fully saturated rings. The van der Waals surface area contributed by atoms with Gasteiger partial charge in [0.05, 0.1) is 12.2 Å². The number of anilines is 2. The van der Waals surface area contributed by atoms with Crippen LogP contribution in [0.15, 0.2) is 72.8 Å². The molecule has 0 atom stereocenters. The number of nitrogens with one attached hydrogen (secondary N) is 2. The average Bonchev–Trinajstić information content (AvgIpc) is 2.74. The molecular formula is C24H26N2O3. The second-order valence-corrected chi connectivity index (χ2v) is 6.73. The Morgan fingerprint density at radius 3 is 2.38 bits per heavy atom. The highest BCUT2D eigenvalue weighted by atomic mass is 16.5. The molecule has 0 aliphatic rings. The predicted octanol–water partition coefficient (Wildman–Crippen LogP) is 4.81. The largest absolute Gasteiger partial charge is 0.490 e. The molecule has 0 saturated heterocycles. The van der Waals surface area contributed by atoms with Gasteiger partial charge in [-0.15, -0.1) is 0 Å². The maximum Gasteiger partial charge on any atom is 0.243 e. The summed E-state index contributed by atoms with van der Waals surface area (Å²) in [5.74, 6) is 1.38. The van der Waals surface area contributed by atoms with Gasteiger partial charge in [-0.1, -0.05) is 42.5 Å². The Balaban J connectivity index is 1.49. The van der Waals surface area contributed by atoms with Crippen LogP contribution in [0.3, 0.4) is 0 Å². The Morgan fingerprint density at radius 1 is 0.828 bits per heavy atom. The Hall–Kier alpha value is -3.47. The van der Waals surface area contributed by atoms with Crippen molar-refractivity contribution in [1.29, 1.82) is 0 Å². The van der Waals surface area contributed by atoms with Crippen LogP contribution in [-0.4, -0.2) is 25.7 Å². The zero-order chi connectivity index (χ0) is 20.5. The molecule has 2 N–H and O–H groups in total. The molecule has 5 heteroatoms. The Labute approximate surface area is 171 Å². The molecule has 5 nitrogen and oxygen atoms in total. The van der Waals surface area contributed by atoms with Crippen molar-refractivity contribution in [2.75, 3.05) is 30.4 Å². The van der Waals surface area contributed by atoms with Crippen LogP contribution < -0.4 is 20.1 Å². The highest BCUT2D eigenvalue weighted by Crippen LogP contribution is 2.23. The molecule has 0 aliphatic heterocycles. The van der Waals surface area contributed by atoms with Crippen LogP contribution >= 0.6 is 0 Å². The molecule has 3 rings (SSSR count). The molecule has 0 unspecified atom stereocenters. The minimum Gasteiger partial charge on any atom is -0.490 e. The van der Waals surface area contributed by atoms with E-state index in [0.717, 1.165) is 28.3 Å². The first-order valence-electron chi connectivity index (χ1n) is 9.62. The number of carbonyl (C=O) groups is 1. The summed E-state index contributed by atoms with van der Waals surface area (Å²) in [7, 11) is 0. The fraction of sp³-hybridized carbons (Fsp3) is 0.208. The van der Waals surface area contributed by atoms with Crippen LogP contribution in [0.5, 0.6) is 11.5 Å². The highest BCUT2D eigenvalue weighted by molar-refractivity contribution is 5.94. The summed E-state index contributed by atoms with van der Waals surface area (Å²) in [6.07, 6.45) is 0. The summed E-state index contributed by atoms with van der Waals surface area (Å²) in [6.45, 7) is 4.97. The number of rotatable bonds is 9. The van der Waals surface area contributed by atoms with Crippen LogP contribution in [0.1, 0.15) is 11.1 Å². The maximum atomic E-state index is 12.3. The van der Waals surface area contributed by atoms with Crippen LogP contribution in [0, 0.1) is 13.8 Å². The van der Waals surface area contributed by atoms with Crippen molar-refractivity contribution in [3.8, 4) is 11.5 Å². The van der Waals surface area contributed by atoms with E-state index < -0.39 is 0 Å². The van der Waals surface area contributed by atoms with Gasteiger partial charge in [0.15, 0.2) is 0 Å². The number of amides is 1. The molecule has 1 amide bonds. The third kappa shape index (κ3) is 6.28. The Kier molecular flexibility index (Phi) is 7.11. The van der Waals surface area contributed by atoms with Gasteiger partial charge in [0.2, 0.25) is 5.91 Å². The van der Waals surface area contributed by atoms with Crippen LogP contribution in [-0.2, 0) is 4.79 Å². The van der Waals surface area contributed by atoms with Gasteiger partial charge in [-0.2, -0.15) is 0 Å². The van der Waals surface area contributed by atoms with E-state index in [0.29, 0.717) is 19.0 Å². The van der Waals surface area contributed by atoms with Crippen LogP contribution in [0.25, 0.3) is 0 Å². The summed E-state index contributed by atoms with van der Waals surface area (Å²) in [5.41, 5.74) is 3.74. The normalized spacial score (nSPS) is 10.3. The fourth-order valence-electron chi connectivity index (χ4n) is 2.81. The number of aryl methyl sites for hydroxylation is 2. The number of benzene rings is 3. The third-order valence-corrected chi connectivity index (χ3v) is 4.35. The molecule has 0 aliphatic carbocycles. The first-order valence-corrected chi connectivity index (χ1v) is 9.62. The van der Waals surface area contributed by atoms with E-state index in [9.17, 15) is 4.79 Å². The molecule has 0 bridgehead atoms. The van der Waals surface area contributed by atoms with Crippen molar-refractivity contribution < 1.29 is 14.3 Å². The highest BCUT2D eigenvalue weighted by Gasteiger charge is 2.08. The number of para-hydroxylation sites is 3. The van der Waals surface area contributed by atoms with E-state index in [-0.39, 0.29) is 12.5 Å². The number of ether oxygens (including phenoxy) is 2. The maximum absolute atomic E-state index is 12.3. The summed E-state index contributed by atoms with van der Waals surface area (Å²) in [5, 5.41) is 6.10. The average molecular weight is 390 g/mol. The number of hydrogen-bond donors (Lipinski definition) is 2. The Bertz CT molecular complexity index is 942. The number of carbonyl (C=O) groups excluding carboxylic acids is 1. The zero-order valence-electron chi connectivity index (χ0n) is 16.8. The van der Waals surface area contributed by atoms with E-state index >= 15 is 0 Å². The van der Waals surface area contributed by atoms with Crippen LogP contribution in [0.4, 0.5) is 11.4 Å². The van der Waals surface area contributed by atoms with Crippen molar-refractivity contribution in [2.24, 2.45) is 0 Å². The van der Waals surface area contributed by atoms with E-state index in [4.69, 9.17) is 9.47 Å². The van der Waals surface area contributed by atoms with Gasteiger partial charge in [0.1, 0.15) is 24.7 Å². The van der Waals surface area contributed by atoms with Crippen molar-refractivity contribution in [3.63, 3.8) is 0 Å². The fourth-order valence-corrected chi connectivity index (χ4v) is 2.81. The molecule has 0 spiro atoms. The number of hydrogen-bond acceptors (Lipinski definition) is 4. The van der Waals surface area contributed by atoms with Crippen molar-refractivity contribution in [1.82, 2.24) is 0 Å². The second kappa shape index (κ2) is 10.2. The molecule has 0 saturated carbocycles. The van der Waals surface area contributed by atoms with Gasteiger partial charge < -0.3 is 20.1 Å². The van der Waals surface area contributed by atoms with Gasteiger partial charge in [-0.25, -0.2) is 0 Å². The van der Waals surface area contributed by atoms with Crippen molar-refractivity contribution in [3.05, 3.63) is 83.9 Å². The molecule has 29 heavy (non-hydrogen) atoms. The second-order valence-electron chi connectivity index (χ2n) is 6.73. The van der Waals surface area contributed by atoms with Crippen LogP contribution in [0.2, 0.25) is 0 Å². The molecule has 3 aromatic carbocycles. The molecule has 3 aromatic rings. The molecule has 0 radical (unpaired) electrons. The molecule has 0 aromatic heterocycles. The lowest BCUT2D eigenvalue weighted by Crippen LogP contribution is -2.22. The summed E-state index contributed by atoms with van der Waals surface area (Å²) in [4.78, 5) is 12.3. The van der Waals surface area contributed by atoms with E-state index in [2.05, 4.69) is 10.6 Å². The first-order chi connectivity index (χ1) is 14.1. The smallest absolute Gasteiger partial charge is 0.243 e. The molecule has 0 heterocycles. The van der Waals surface area contributed by atoms with E-state index in [1.165, 1.54) is 0 Å². The summed E-state index contributed by atoms with van der Waals surface area (Å²) < 4.78 is 11.5. The lowest BCUT2D eigenvalue weighted by molar-refractivity contribution is -0.114. The summed E-state index contributed by atoms with van der Waals surface area (Å²) in [6, 6.07) is 23.2.